The number of carbonyl (C=O) groups is 1. The standard InChI is InChI=1S/C22H20N4O4S/c1-14-3-7-18(8-4-14)30-13-20(27)23-16-5-9-19(10-6-16)29-12-17-11-21(28)26-22(24-17)31-15(2)25-26/h3-11H,12-13H2,1-2H3,(H,23,27). The third-order valence-electron chi connectivity index (χ3n) is 4.31. The fourth-order valence-electron chi connectivity index (χ4n) is 2.80. The first-order valence-electron chi connectivity index (χ1n) is 9.55. The Kier molecular flexibility index (Phi) is 5.94. The second-order valence-corrected chi connectivity index (χ2v) is 8.02. The van der Waals surface area contributed by atoms with Gasteiger partial charge in [-0.1, -0.05) is 29.0 Å². The van der Waals surface area contributed by atoms with Gasteiger partial charge in [0.25, 0.3) is 11.5 Å². The largest absolute Gasteiger partial charge is 0.487 e. The van der Waals surface area contributed by atoms with Crippen LogP contribution >= 0.6 is 11.3 Å². The third-order valence-corrected chi connectivity index (χ3v) is 5.14. The predicted molar refractivity (Wildman–Crippen MR) is 118 cm³/mol. The zero-order chi connectivity index (χ0) is 21.8. The molecule has 2 aromatic carbocycles. The number of hydrogen-bond donors (Lipinski definition) is 1. The van der Waals surface area contributed by atoms with E-state index in [1.54, 1.807) is 24.3 Å². The van der Waals surface area contributed by atoms with Crippen LogP contribution in [0.4, 0.5) is 5.69 Å². The van der Waals surface area contributed by atoms with Crippen LogP contribution in [0.2, 0.25) is 0 Å². The molecule has 1 amide bonds. The number of anilines is 1. The average molecular weight is 436 g/mol. The SMILES string of the molecule is Cc1ccc(OCC(=O)Nc2ccc(OCc3cc(=O)n4nc(C)sc4n3)cc2)cc1. The van der Waals surface area contributed by atoms with Crippen molar-refractivity contribution in [1.29, 1.82) is 0 Å². The molecular formula is C22H20N4O4S. The van der Waals surface area contributed by atoms with Crippen molar-refractivity contribution in [3.8, 4) is 11.5 Å². The number of benzene rings is 2. The number of amides is 1. The minimum absolute atomic E-state index is 0.0813. The summed E-state index contributed by atoms with van der Waals surface area (Å²) < 4.78 is 12.5. The number of nitrogens with zero attached hydrogens (tertiary/aromatic N) is 3. The van der Waals surface area contributed by atoms with E-state index in [4.69, 9.17) is 9.47 Å². The number of ether oxygens (including phenoxy) is 2. The van der Waals surface area contributed by atoms with E-state index < -0.39 is 0 Å². The van der Waals surface area contributed by atoms with E-state index in [1.807, 2.05) is 38.1 Å². The van der Waals surface area contributed by atoms with Crippen molar-refractivity contribution in [1.82, 2.24) is 14.6 Å². The maximum Gasteiger partial charge on any atom is 0.275 e. The molecule has 4 rings (SSSR count). The van der Waals surface area contributed by atoms with Gasteiger partial charge in [0, 0.05) is 11.8 Å². The van der Waals surface area contributed by atoms with Crippen LogP contribution in [0.25, 0.3) is 4.96 Å². The first-order valence-corrected chi connectivity index (χ1v) is 10.4. The fraction of sp³-hybridized carbons (Fsp3) is 0.182. The Morgan fingerprint density at radius 2 is 1.71 bits per heavy atom. The van der Waals surface area contributed by atoms with E-state index in [0.29, 0.717) is 27.8 Å². The Bertz CT molecular complexity index is 1260. The summed E-state index contributed by atoms with van der Waals surface area (Å²) in [5, 5.41) is 7.66. The molecule has 0 spiro atoms. The van der Waals surface area contributed by atoms with Crippen molar-refractivity contribution in [3.05, 3.63) is 81.2 Å². The molecule has 158 valence electrons. The molecule has 9 heteroatoms. The molecule has 0 radical (unpaired) electrons. The topological polar surface area (TPSA) is 94.8 Å². The summed E-state index contributed by atoms with van der Waals surface area (Å²) in [4.78, 5) is 29.1. The number of fused-ring (bicyclic) bond motifs is 1. The highest BCUT2D eigenvalue weighted by Crippen LogP contribution is 2.18. The number of aryl methyl sites for hydroxylation is 2. The molecule has 2 heterocycles. The lowest BCUT2D eigenvalue weighted by Crippen LogP contribution is -2.20. The number of rotatable bonds is 7. The van der Waals surface area contributed by atoms with Gasteiger partial charge in [0.2, 0.25) is 4.96 Å². The summed E-state index contributed by atoms with van der Waals surface area (Å²) >= 11 is 1.35. The van der Waals surface area contributed by atoms with Gasteiger partial charge in [-0.3, -0.25) is 9.59 Å². The van der Waals surface area contributed by atoms with Gasteiger partial charge in [0.1, 0.15) is 23.1 Å². The highest BCUT2D eigenvalue weighted by Gasteiger charge is 2.08. The van der Waals surface area contributed by atoms with Crippen LogP contribution in [0.3, 0.4) is 0 Å². The number of hydrogen-bond acceptors (Lipinski definition) is 7. The zero-order valence-corrected chi connectivity index (χ0v) is 17.8. The van der Waals surface area contributed by atoms with E-state index in [2.05, 4.69) is 15.4 Å². The highest BCUT2D eigenvalue weighted by atomic mass is 32.1. The summed E-state index contributed by atoms with van der Waals surface area (Å²) in [6.45, 7) is 3.88. The molecule has 1 N–H and O–H groups in total. The molecule has 0 aliphatic heterocycles. The first-order chi connectivity index (χ1) is 15.0. The van der Waals surface area contributed by atoms with Crippen molar-refractivity contribution < 1.29 is 14.3 Å². The molecule has 8 nitrogen and oxygen atoms in total. The van der Waals surface area contributed by atoms with Crippen molar-refractivity contribution in [2.75, 3.05) is 11.9 Å². The second-order valence-electron chi connectivity index (χ2n) is 6.86. The number of carbonyl (C=O) groups excluding carboxylic acids is 1. The van der Waals surface area contributed by atoms with Gasteiger partial charge in [-0.25, -0.2) is 4.98 Å². The van der Waals surface area contributed by atoms with Gasteiger partial charge in [-0.2, -0.15) is 9.61 Å². The van der Waals surface area contributed by atoms with Crippen LogP contribution in [-0.4, -0.2) is 27.1 Å². The summed E-state index contributed by atoms with van der Waals surface area (Å²) in [6, 6.07) is 15.8. The molecule has 0 atom stereocenters. The second kappa shape index (κ2) is 8.97. The molecule has 0 unspecified atom stereocenters. The quantitative estimate of drug-likeness (QED) is 0.477. The maximum absolute atomic E-state index is 12.1. The van der Waals surface area contributed by atoms with E-state index >= 15 is 0 Å². The van der Waals surface area contributed by atoms with Crippen LogP contribution in [-0.2, 0) is 11.4 Å². The lowest BCUT2D eigenvalue weighted by atomic mass is 10.2. The van der Waals surface area contributed by atoms with Gasteiger partial charge >= 0.3 is 0 Å². The Morgan fingerprint density at radius 1 is 1.03 bits per heavy atom. The lowest BCUT2D eigenvalue weighted by Gasteiger charge is -2.09. The number of aromatic nitrogens is 3. The molecule has 0 aliphatic rings. The summed E-state index contributed by atoms with van der Waals surface area (Å²) in [7, 11) is 0. The summed E-state index contributed by atoms with van der Waals surface area (Å²) in [5.41, 5.74) is 2.04. The van der Waals surface area contributed by atoms with E-state index in [0.717, 1.165) is 10.6 Å². The van der Waals surface area contributed by atoms with Crippen molar-refractivity contribution in [2.24, 2.45) is 0 Å². The molecule has 0 bridgehead atoms. The van der Waals surface area contributed by atoms with Gasteiger partial charge in [-0.05, 0) is 50.2 Å². The molecule has 0 aliphatic carbocycles. The molecule has 2 aromatic heterocycles. The molecule has 0 saturated carbocycles. The normalized spacial score (nSPS) is 10.8. The Morgan fingerprint density at radius 3 is 2.45 bits per heavy atom. The molecule has 31 heavy (non-hydrogen) atoms. The molecule has 0 saturated heterocycles. The molecular weight excluding hydrogens is 416 g/mol. The van der Waals surface area contributed by atoms with Crippen molar-refractivity contribution in [2.45, 2.75) is 20.5 Å². The summed E-state index contributed by atoms with van der Waals surface area (Å²) in [6.07, 6.45) is 0. The first kappa shape index (κ1) is 20.5. The van der Waals surface area contributed by atoms with E-state index in [-0.39, 0.29) is 24.7 Å². The van der Waals surface area contributed by atoms with Crippen LogP contribution < -0.4 is 20.3 Å². The van der Waals surface area contributed by atoms with E-state index in [9.17, 15) is 9.59 Å². The minimum atomic E-state index is -0.257. The van der Waals surface area contributed by atoms with Crippen LogP contribution in [0.15, 0.2) is 59.4 Å². The smallest absolute Gasteiger partial charge is 0.275 e. The third kappa shape index (κ3) is 5.26. The average Bonchev–Trinajstić information content (AvgIpc) is 3.14. The Labute approximate surface area is 182 Å². The van der Waals surface area contributed by atoms with Gasteiger partial charge in [0.05, 0.1) is 5.69 Å². The minimum Gasteiger partial charge on any atom is -0.487 e. The fourth-order valence-corrected chi connectivity index (χ4v) is 3.56. The lowest BCUT2D eigenvalue weighted by molar-refractivity contribution is -0.118. The Hall–Kier alpha value is -3.72. The van der Waals surface area contributed by atoms with Crippen LogP contribution in [0.1, 0.15) is 16.3 Å². The van der Waals surface area contributed by atoms with Crippen molar-refractivity contribution in [3.63, 3.8) is 0 Å². The maximum atomic E-state index is 12.1. The summed E-state index contributed by atoms with van der Waals surface area (Å²) in [5.74, 6) is 0.980. The highest BCUT2D eigenvalue weighted by molar-refractivity contribution is 7.16. The van der Waals surface area contributed by atoms with Gasteiger partial charge in [0.15, 0.2) is 6.61 Å². The molecule has 4 aromatic rings. The predicted octanol–water partition coefficient (Wildman–Crippen LogP) is 3.36. The van der Waals surface area contributed by atoms with Crippen LogP contribution in [0.5, 0.6) is 11.5 Å². The van der Waals surface area contributed by atoms with E-state index in [1.165, 1.54) is 21.9 Å². The van der Waals surface area contributed by atoms with Gasteiger partial charge < -0.3 is 14.8 Å². The van der Waals surface area contributed by atoms with Crippen LogP contribution in [0, 0.1) is 13.8 Å². The van der Waals surface area contributed by atoms with Crippen molar-refractivity contribution >= 4 is 27.9 Å². The Balaban J connectivity index is 1.30. The monoisotopic (exact) mass is 436 g/mol. The number of nitrogens with one attached hydrogen (secondary N) is 1. The zero-order valence-electron chi connectivity index (χ0n) is 17.0. The molecule has 0 fully saturated rings. The van der Waals surface area contributed by atoms with Gasteiger partial charge in [-0.15, -0.1) is 0 Å².